The molecule has 0 aliphatic carbocycles. The smallest absolute Gasteiger partial charge is 0.323 e. The van der Waals surface area contributed by atoms with E-state index in [0.29, 0.717) is 5.17 Å². The van der Waals surface area contributed by atoms with Gasteiger partial charge in [-0.2, -0.15) is 0 Å². The lowest BCUT2D eigenvalue weighted by molar-refractivity contribution is -0.140. The summed E-state index contributed by atoms with van der Waals surface area (Å²) in [4.78, 5) is 23.0. The van der Waals surface area contributed by atoms with E-state index in [-0.39, 0.29) is 18.2 Å². The molecule has 1 N–H and O–H groups in total. The predicted molar refractivity (Wildman–Crippen MR) is 54.7 cm³/mol. The second kappa shape index (κ2) is 4.31. The number of aromatic nitrogens is 3. The molecule has 0 spiro atoms. The van der Waals surface area contributed by atoms with Crippen molar-refractivity contribution in [3.05, 3.63) is 12.7 Å². The Morgan fingerprint density at radius 2 is 2.25 bits per heavy atom. The fourth-order valence-electron chi connectivity index (χ4n) is 1.11. The van der Waals surface area contributed by atoms with E-state index in [1.54, 1.807) is 0 Å². The zero-order valence-corrected chi connectivity index (χ0v) is 8.79. The van der Waals surface area contributed by atoms with Crippen molar-refractivity contribution in [3.8, 4) is 0 Å². The molecule has 1 saturated heterocycles. The van der Waals surface area contributed by atoms with E-state index in [1.807, 2.05) is 0 Å². The van der Waals surface area contributed by atoms with Crippen LogP contribution >= 0.6 is 11.8 Å². The topological polar surface area (TPSA) is 101 Å². The highest BCUT2D eigenvalue weighted by Crippen LogP contribution is 2.19. The highest BCUT2D eigenvalue weighted by Gasteiger charge is 2.30. The third kappa shape index (κ3) is 2.19. The van der Waals surface area contributed by atoms with Crippen LogP contribution < -0.4 is 0 Å². The molecule has 0 atom stereocenters. The number of carbonyl (C=O) groups excluding carboxylic acids is 1. The summed E-state index contributed by atoms with van der Waals surface area (Å²) in [7, 11) is 0. The van der Waals surface area contributed by atoms with E-state index in [0.717, 1.165) is 4.90 Å². The van der Waals surface area contributed by atoms with Crippen molar-refractivity contribution in [2.75, 3.05) is 12.3 Å². The van der Waals surface area contributed by atoms with Gasteiger partial charge < -0.3 is 5.11 Å². The van der Waals surface area contributed by atoms with Gasteiger partial charge in [0.25, 0.3) is 0 Å². The molecule has 8 nitrogen and oxygen atoms in total. The Bertz CT molecular complexity index is 443. The highest BCUT2D eigenvalue weighted by molar-refractivity contribution is 8.15. The van der Waals surface area contributed by atoms with Crippen molar-refractivity contribution in [1.82, 2.24) is 19.8 Å². The summed E-state index contributed by atoms with van der Waals surface area (Å²) in [5, 5.41) is 20.1. The Balaban J connectivity index is 2.20. The number of aliphatic carboxylic acids is 1. The summed E-state index contributed by atoms with van der Waals surface area (Å²) < 4.78 is 1.32. The minimum Gasteiger partial charge on any atom is -0.480 e. The number of amidine groups is 1. The zero-order chi connectivity index (χ0) is 11.5. The molecule has 0 aromatic carbocycles. The van der Waals surface area contributed by atoms with Gasteiger partial charge in [0.1, 0.15) is 19.2 Å². The van der Waals surface area contributed by atoms with Gasteiger partial charge in [0.05, 0.1) is 5.75 Å². The minimum absolute atomic E-state index is 0.203. The van der Waals surface area contributed by atoms with Gasteiger partial charge in [0.15, 0.2) is 5.17 Å². The van der Waals surface area contributed by atoms with Crippen LogP contribution in [0.15, 0.2) is 17.8 Å². The highest BCUT2D eigenvalue weighted by atomic mass is 32.2. The quantitative estimate of drug-likeness (QED) is 0.732. The van der Waals surface area contributed by atoms with Crippen LogP contribution in [0.1, 0.15) is 0 Å². The molecule has 2 heterocycles. The van der Waals surface area contributed by atoms with Crippen molar-refractivity contribution < 1.29 is 14.7 Å². The van der Waals surface area contributed by atoms with Gasteiger partial charge in [0.2, 0.25) is 5.91 Å². The Morgan fingerprint density at radius 1 is 1.56 bits per heavy atom. The van der Waals surface area contributed by atoms with Crippen LogP contribution in [0.3, 0.4) is 0 Å². The largest absolute Gasteiger partial charge is 0.480 e. The number of carboxylic acids is 1. The standard InChI is InChI=1S/C7H7N5O3S/c13-5-2-16-7(12(5)1-6(14)15)10-11-3-8-9-4-11/h3-4H,1-2H2,(H,14,15)/b10-7+. The molecule has 0 unspecified atom stereocenters. The van der Waals surface area contributed by atoms with E-state index in [2.05, 4.69) is 15.3 Å². The van der Waals surface area contributed by atoms with Crippen LogP contribution in [0.25, 0.3) is 0 Å². The van der Waals surface area contributed by atoms with Crippen LogP contribution in [-0.4, -0.2) is 54.2 Å². The lowest BCUT2D eigenvalue weighted by atomic mass is 10.5. The third-order valence-corrected chi connectivity index (χ3v) is 2.71. The first-order valence-corrected chi connectivity index (χ1v) is 5.24. The number of thioether (sulfide) groups is 1. The number of amides is 1. The van der Waals surface area contributed by atoms with Gasteiger partial charge in [-0.15, -0.1) is 15.3 Å². The molecular weight excluding hydrogens is 234 g/mol. The third-order valence-electron chi connectivity index (χ3n) is 1.76. The van der Waals surface area contributed by atoms with Crippen LogP contribution in [0.2, 0.25) is 0 Å². The maximum absolute atomic E-state index is 11.4. The second-order valence-corrected chi connectivity index (χ2v) is 3.83. The van der Waals surface area contributed by atoms with E-state index < -0.39 is 5.97 Å². The van der Waals surface area contributed by atoms with Gasteiger partial charge >= 0.3 is 5.97 Å². The van der Waals surface area contributed by atoms with E-state index in [9.17, 15) is 9.59 Å². The van der Waals surface area contributed by atoms with Gasteiger partial charge in [-0.1, -0.05) is 11.8 Å². The van der Waals surface area contributed by atoms with Crippen LogP contribution in [0, 0.1) is 0 Å². The lowest BCUT2D eigenvalue weighted by Crippen LogP contribution is -2.34. The van der Waals surface area contributed by atoms with Crippen LogP contribution in [0.4, 0.5) is 0 Å². The molecule has 1 amide bonds. The van der Waals surface area contributed by atoms with Crippen molar-refractivity contribution in [2.24, 2.45) is 5.10 Å². The number of hydrogen-bond donors (Lipinski definition) is 1. The maximum atomic E-state index is 11.4. The fourth-order valence-corrected chi connectivity index (χ4v) is 1.99. The average Bonchev–Trinajstić information content (AvgIpc) is 2.82. The van der Waals surface area contributed by atoms with E-state index in [4.69, 9.17) is 5.11 Å². The number of carbonyl (C=O) groups is 2. The van der Waals surface area contributed by atoms with Crippen molar-refractivity contribution in [3.63, 3.8) is 0 Å². The predicted octanol–water partition coefficient (Wildman–Crippen LogP) is -0.943. The summed E-state index contributed by atoms with van der Waals surface area (Å²) in [5.74, 6) is -1.14. The number of carboxylic acid groups (broad SMARTS) is 1. The summed E-state index contributed by atoms with van der Waals surface area (Å²) >= 11 is 1.19. The molecule has 2 rings (SSSR count). The maximum Gasteiger partial charge on any atom is 0.323 e. The van der Waals surface area contributed by atoms with Crippen LogP contribution in [0.5, 0.6) is 0 Å². The first kappa shape index (κ1) is 10.6. The van der Waals surface area contributed by atoms with Gasteiger partial charge in [-0.25, -0.2) is 4.68 Å². The molecule has 84 valence electrons. The van der Waals surface area contributed by atoms with Crippen molar-refractivity contribution in [1.29, 1.82) is 0 Å². The number of nitrogens with zero attached hydrogens (tertiary/aromatic N) is 5. The molecule has 1 aromatic heterocycles. The second-order valence-electron chi connectivity index (χ2n) is 2.89. The Morgan fingerprint density at radius 3 is 2.88 bits per heavy atom. The Hall–Kier alpha value is -1.90. The Labute approximate surface area is 93.9 Å². The first-order valence-electron chi connectivity index (χ1n) is 4.25. The summed E-state index contributed by atoms with van der Waals surface area (Å²) in [6.07, 6.45) is 2.71. The van der Waals surface area contributed by atoms with Crippen LogP contribution in [-0.2, 0) is 9.59 Å². The van der Waals surface area contributed by atoms with Gasteiger partial charge in [0, 0.05) is 0 Å². The molecular formula is C7H7N5O3S. The molecule has 1 aliphatic rings. The molecule has 16 heavy (non-hydrogen) atoms. The van der Waals surface area contributed by atoms with Gasteiger partial charge in [-0.05, 0) is 0 Å². The molecule has 0 saturated carbocycles. The van der Waals surface area contributed by atoms with E-state index >= 15 is 0 Å². The molecule has 1 aromatic rings. The molecule has 9 heteroatoms. The summed E-state index contributed by atoms with van der Waals surface area (Å²) in [6, 6.07) is 0. The molecule has 1 aliphatic heterocycles. The first-order chi connectivity index (χ1) is 7.66. The number of hydrogen-bond acceptors (Lipinski definition) is 6. The normalized spacial score (nSPS) is 18.4. The molecule has 1 fully saturated rings. The van der Waals surface area contributed by atoms with Crippen molar-refractivity contribution in [2.45, 2.75) is 0 Å². The monoisotopic (exact) mass is 241 g/mol. The van der Waals surface area contributed by atoms with Gasteiger partial charge in [-0.3, -0.25) is 14.5 Å². The average molecular weight is 241 g/mol. The summed E-state index contributed by atoms with van der Waals surface area (Å²) in [6.45, 7) is -0.382. The minimum atomic E-state index is -1.08. The van der Waals surface area contributed by atoms with Crippen molar-refractivity contribution >= 4 is 28.8 Å². The number of rotatable bonds is 3. The molecule has 0 bridgehead atoms. The van der Waals surface area contributed by atoms with E-state index in [1.165, 1.54) is 29.1 Å². The Kier molecular flexibility index (Phi) is 2.86. The molecule has 0 radical (unpaired) electrons. The fraction of sp³-hybridized carbons (Fsp3) is 0.286. The lowest BCUT2D eigenvalue weighted by Gasteiger charge is -2.11. The SMILES string of the molecule is O=C(O)CN1C(=O)CS/C1=N/n1cnnc1. The summed E-state index contributed by atoms with van der Waals surface area (Å²) in [5.41, 5.74) is 0. The zero-order valence-electron chi connectivity index (χ0n) is 7.98.